The lowest BCUT2D eigenvalue weighted by Crippen LogP contribution is -2.36. The van der Waals surface area contributed by atoms with Gasteiger partial charge in [-0.3, -0.25) is 9.48 Å². The summed E-state index contributed by atoms with van der Waals surface area (Å²) >= 11 is 0. The lowest BCUT2D eigenvalue weighted by molar-refractivity contribution is 0.0732. The number of hydrogen-bond acceptors (Lipinski definition) is 3. The number of carbonyl (C=O) groups excluding carboxylic acids is 1. The molecule has 0 radical (unpaired) electrons. The van der Waals surface area contributed by atoms with E-state index in [0.29, 0.717) is 18.7 Å². The highest BCUT2D eigenvalue weighted by Crippen LogP contribution is 2.30. The van der Waals surface area contributed by atoms with E-state index in [2.05, 4.69) is 17.1 Å². The van der Waals surface area contributed by atoms with Crippen LogP contribution in [-0.4, -0.2) is 36.5 Å². The lowest BCUT2D eigenvalue weighted by Gasteiger charge is -2.26. The summed E-state index contributed by atoms with van der Waals surface area (Å²) in [6.45, 7) is 1.23. The molecule has 4 aromatic rings. The molecule has 6 heteroatoms. The second-order valence-corrected chi connectivity index (χ2v) is 6.88. The summed E-state index contributed by atoms with van der Waals surface area (Å²) in [6, 6.07) is 14.1. The van der Waals surface area contributed by atoms with E-state index in [-0.39, 0.29) is 5.91 Å². The Morgan fingerprint density at radius 3 is 2.81 bits per heavy atom. The van der Waals surface area contributed by atoms with Crippen molar-refractivity contribution in [2.75, 3.05) is 6.54 Å². The smallest absolute Gasteiger partial charge is 0.255 e. The first-order chi connectivity index (χ1) is 13.2. The van der Waals surface area contributed by atoms with Crippen molar-refractivity contribution in [2.24, 2.45) is 7.05 Å². The molecule has 27 heavy (non-hydrogen) atoms. The van der Waals surface area contributed by atoms with E-state index in [9.17, 15) is 4.79 Å². The largest absolute Gasteiger partial charge is 0.332 e. The van der Waals surface area contributed by atoms with Crippen LogP contribution in [0.5, 0.6) is 0 Å². The highest BCUT2D eigenvalue weighted by atomic mass is 16.2. The molecule has 0 aliphatic carbocycles. The van der Waals surface area contributed by atoms with Crippen molar-refractivity contribution in [3.05, 3.63) is 78.0 Å². The number of nitrogens with zero attached hydrogens (tertiary/aromatic N) is 5. The fraction of sp³-hybridized carbons (Fsp3) is 0.190. The van der Waals surface area contributed by atoms with E-state index in [1.54, 1.807) is 12.5 Å². The van der Waals surface area contributed by atoms with E-state index in [4.69, 9.17) is 5.10 Å². The minimum Gasteiger partial charge on any atom is -0.332 e. The number of rotatable bonds is 2. The maximum atomic E-state index is 13.0. The van der Waals surface area contributed by atoms with Gasteiger partial charge in [0.1, 0.15) is 0 Å². The Balaban J connectivity index is 1.45. The number of hydrogen-bond donors (Lipinski definition) is 0. The molecule has 0 unspecified atom stereocenters. The van der Waals surface area contributed by atoms with Crippen LogP contribution in [0.4, 0.5) is 0 Å². The van der Waals surface area contributed by atoms with Crippen molar-refractivity contribution in [3.8, 4) is 11.3 Å². The average molecular weight is 357 g/mol. The van der Waals surface area contributed by atoms with Gasteiger partial charge in [0.15, 0.2) is 0 Å². The Hall–Kier alpha value is -3.41. The van der Waals surface area contributed by atoms with Crippen molar-refractivity contribution in [3.63, 3.8) is 0 Å². The number of carbonyl (C=O) groups is 1. The number of fused-ring (bicyclic) bond motifs is 2. The van der Waals surface area contributed by atoms with Crippen molar-refractivity contribution in [1.29, 1.82) is 0 Å². The summed E-state index contributed by atoms with van der Waals surface area (Å²) in [5.74, 6) is 0.0307. The third-order valence-corrected chi connectivity index (χ3v) is 5.19. The van der Waals surface area contributed by atoms with Crippen LogP contribution in [0.2, 0.25) is 0 Å². The minimum atomic E-state index is 0.0307. The molecule has 1 aliphatic heterocycles. The van der Waals surface area contributed by atoms with Crippen molar-refractivity contribution < 1.29 is 4.79 Å². The third-order valence-electron chi connectivity index (χ3n) is 5.19. The first-order valence-electron chi connectivity index (χ1n) is 9.02. The topological polar surface area (TPSA) is 55.4 Å². The van der Waals surface area contributed by atoms with Crippen LogP contribution in [0.25, 0.3) is 16.8 Å². The molecule has 1 aliphatic rings. The number of pyridine rings is 1. The highest BCUT2D eigenvalue weighted by molar-refractivity contribution is 5.94. The van der Waals surface area contributed by atoms with Crippen molar-refractivity contribution in [1.82, 2.24) is 24.1 Å². The number of amides is 1. The van der Waals surface area contributed by atoms with Crippen LogP contribution in [0.15, 0.2) is 61.2 Å². The predicted molar refractivity (Wildman–Crippen MR) is 102 cm³/mol. The van der Waals surface area contributed by atoms with Gasteiger partial charge in [-0.15, -0.1) is 0 Å². The standard InChI is InChI=1S/C21H19N5O/c1-24-20(15-5-3-2-4-6-15)18-9-10-25(13-19(18)23-24)21(27)16-7-8-17-11-22-14-26(17)12-16/h2-8,11-12,14H,9-10,13H2,1H3. The first kappa shape index (κ1) is 15.8. The normalized spacial score (nSPS) is 13.7. The Labute approximate surface area is 156 Å². The lowest BCUT2D eigenvalue weighted by atomic mass is 9.99. The molecule has 134 valence electrons. The van der Waals surface area contributed by atoms with Crippen molar-refractivity contribution in [2.45, 2.75) is 13.0 Å². The summed E-state index contributed by atoms with van der Waals surface area (Å²) < 4.78 is 3.81. The molecule has 0 saturated carbocycles. The van der Waals surface area contributed by atoms with Gasteiger partial charge in [0.2, 0.25) is 0 Å². The second-order valence-electron chi connectivity index (χ2n) is 6.88. The number of aryl methyl sites for hydroxylation is 1. The number of aromatic nitrogens is 4. The fourth-order valence-electron chi connectivity index (χ4n) is 3.88. The molecule has 0 fully saturated rings. The molecular weight excluding hydrogens is 338 g/mol. The number of imidazole rings is 1. The zero-order valence-electron chi connectivity index (χ0n) is 15.0. The van der Waals surface area contributed by atoms with Crippen LogP contribution in [0.1, 0.15) is 21.6 Å². The van der Waals surface area contributed by atoms with E-state index in [1.807, 2.05) is 57.6 Å². The molecule has 0 N–H and O–H groups in total. The van der Waals surface area contributed by atoms with E-state index >= 15 is 0 Å². The highest BCUT2D eigenvalue weighted by Gasteiger charge is 2.27. The molecule has 0 bridgehead atoms. The van der Waals surface area contributed by atoms with Crippen LogP contribution < -0.4 is 0 Å². The monoisotopic (exact) mass is 357 g/mol. The van der Waals surface area contributed by atoms with Crippen LogP contribution in [0.3, 0.4) is 0 Å². The molecule has 6 nitrogen and oxygen atoms in total. The Kier molecular flexibility index (Phi) is 3.57. The molecule has 4 heterocycles. The average Bonchev–Trinajstić information content (AvgIpc) is 3.30. The van der Waals surface area contributed by atoms with Gasteiger partial charge in [-0.1, -0.05) is 30.3 Å². The van der Waals surface area contributed by atoms with E-state index in [0.717, 1.165) is 23.3 Å². The summed E-state index contributed by atoms with van der Waals surface area (Å²) in [4.78, 5) is 19.0. The zero-order chi connectivity index (χ0) is 18.4. The summed E-state index contributed by atoms with van der Waals surface area (Å²) in [5, 5.41) is 4.70. The molecule has 5 rings (SSSR count). The first-order valence-corrected chi connectivity index (χ1v) is 9.02. The second kappa shape index (κ2) is 6.09. The fourth-order valence-corrected chi connectivity index (χ4v) is 3.88. The van der Waals surface area contributed by atoms with E-state index in [1.165, 1.54) is 11.1 Å². The zero-order valence-corrected chi connectivity index (χ0v) is 15.0. The van der Waals surface area contributed by atoms with Gasteiger partial charge in [-0.2, -0.15) is 5.10 Å². The Morgan fingerprint density at radius 2 is 1.96 bits per heavy atom. The third kappa shape index (κ3) is 2.61. The van der Waals surface area contributed by atoms with Gasteiger partial charge >= 0.3 is 0 Å². The molecule has 0 spiro atoms. The molecule has 0 saturated heterocycles. The van der Waals surface area contributed by atoms with Gasteiger partial charge in [-0.25, -0.2) is 4.98 Å². The molecule has 0 atom stereocenters. The Bertz CT molecular complexity index is 1140. The molecular formula is C21H19N5O. The van der Waals surface area contributed by atoms with Crippen LogP contribution >= 0.6 is 0 Å². The summed E-state index contributed by atoms with van der Waals surface area (Å²) in [6.07, 6.45) is 6.15. The molecule has 3 aromatic heterocycles. The van der Waals surface area contributed by atoms with E-state index < -0.39 is 0 Å². The maximum Gasteiger partial charge on any atom is 0.255 e. The SMILES string of the molecule is Cn1nc2c(c1-c1ccccc1)CCN(C(=O)c1ccc3cncn3c1)C2. The van der Waals surface area contributed by atoms with Crippen LogP contribution in [-0.2, 0) is 20.0 Å². The summed E-state index contributed by atoms with van der Waals surface area (Å²) in [7, 11) is 1.97. The Morgan fingerprint density at radius 1 is 1.11 bits per heavy atom. The van der Waals surface area contributed by atoms with Crippen molar-refractivity contribution >= 4 is 11.4 Å². The molecule has 1 amide bonds. The van der Waals surface area contributed by atoms with Crippen LogP contribution in [0, 0.1) is 0 Å². The number of benzene rings is 1. The van der Waals surface area contributed by atoms with Gasteiger partial charge in [-0.05, 0) is 18.6 Å². The maximum absolute atomic E-state index is 13.0. The predicted octanol–water partition coefficient (Wildman–Crippen LogP) is 2.93. The molecule has 1 aromatic carbocycles. The quantitative estimate of drug-likeness (QED) is 0.554. The van der Waals surface area contributed by atoms with Gasteiger partial charge in [0.05, 0.1) is 41.5 Å². The van der Waals surface area contributed by atoms with Gasteiger partial charge in [0, 0.05) is 30.9 Å². The summed E-state index contributed by atoms with van der Waals surface area (Å²) in [5.41, 5.74) is 6.20. The minimum absolute atomic E-state index is 0.0307. The van der Waals surface area contributed by atoms with Gasteiger partial charge < -0.3 is 9.30 Å². The van der Waals surface area contributed by atoms with Gasteiger partial charge in [0.25, 0.3) is 5.91 Å².